The summed E-state index contributed by atoms with van der Waals surface area (Å²) in [7, 11) is 0. The first-order valence-electron chi connectivity index (χ1n) is 4.56. The first-order valence-corrected chi connectivity index (χ1v) is 5.44. The van der Waals surface area contributed by atoms with Gasteiger partial charge in [0.1, 0.15) is 0 Å². The lowest BCUT2D eigenvalue weighted by Gasteiger charge is -2.17. The Hall–Kier alpha value is -1.14. The molecule has 84 valence electrons. The molecule has 1 amide bonds. The maximum absolute atomic E-state index is 11.4. The number of nitrogen functional groups attached to an aromatic ring is 1. The van der Waals surface area contributed by atoms with Crippen LogP contribution in [0.2, 0.25) is 0 Å². The summed E-state index contributed by atoms with van der Waals surface area (Å²) in [4.78, 5) is 15.3. The first-order chi connectivity index (χ1) is 6.87. The zero-order chi connectivity index (χ0) is 11.5. The summed E-state index contributed by atoms with van der Waals surface area (Å²) in [6, 6.07) is 0. The van der Waals surface area contributed by atoms with Crippen LogP contribution in [0, 0.1) is 0 Å². The Kier molecular flexibility index (Phi) is 3.65. The number of thiazole rings is 1. The number of amides is 1. The van der Waals surface area contributed by atoms with Crippen molar-refractivity contribution in [3.63, 3.8) is 0 Å². The minimum atomic E-state index is -0.892. The second-order valence-corrected chi connectivity index (χ2v) is 4.83. The van der Waals surface area contributed by atoms with Crippen molar-refractivity contribution in [1.29, 1.82) is 0 Å². The summed E-state index contributed by atoms with van der Waals surface area (Å²) < 4.78 is 0. The summed E-state index contributed by atoms with van der Waals surface area (Å²) in [5.74, 6) is -0.164. The van der Waals surface area contributed by atoms with Crippen molar-refractivity contribution in [1.82, 2.24) is 10.3 Å². The van der Waals surface area contributed by atoms with Crippen LogP contribution in [0.5, 0.6) is 0 Å². The highest BCUT2D eigenvalue weighted by Crippen LogP contribution is 2.11. The highest BCUT2D eigenvalue weighted by atomic mass is 32.1. The van der Waals surface area contributed by atoms with Crippen LogP contribution in [-0.2, 0) is 11.2 Å². The summed E-state index contributed by atoms with van der Waals surface area (Å²) in [5, 5.41) is 14.2. The molecule has 0 saturated carbocycles. The van der Waals surface area contributed by atoms with E-state index in [9.17, 15) is 9.90 Å². The standard InChI is InChI=1S/C9H15N3O2S/c1-9(2,14)5-11-7(13)3-6-4-15-8(10)12-6/h4,14H,3,5H2,1-2H3,(H2,10,12)(H,11,13). The summed E-state index contributed by atoms with van der Waals surface area (Å²) in [6.07, 6.45) is 0.198. The number of nitrogens with zero attached hydrogens (tertiary/aromatic N) is 1. The number of nitrogens with two attached hydrogens (primary N) is 1. The molecular weight excluding hydrogens is 214 g/mol. The van der Waals surface area contributed by atoms with Gasteiger partial charge < -0.3 is 16.2 Å². The van der Waals surface area contributed by atoms with E-state index in [2.05, 4.69) is 10.3 Å². The van der Waals surface area contributed by atoms with Crippen molar-refractivity contribution in [2.24, 2.45) is 0 Å². The van der Waals surface area contributed by atoms with Gasteiger partial charge in [0, 0.05) is 11.9 Å². The third kappa shape index (κ3) is 4.75. The van der Waals surface area contributed by atoms with E-state index in [1.165, 1.54) is 11.3 Å². The Labute approximate surface area is 92.3 Å². The SMILES string of the molecule is CC(C)(O)CNC(=O)Cc1csc(N)n1. The number of rotatable bonds is 4. The number of hydrogen-bond donors (Lipinski definition) is 3. The number of aromatic nitrogens is 1. The van der Waals surface area contributed by atoms with Crippen molar-refractivity contribution in [2.75, 3.05) is 12.3 Å². The van der Waals surface area contributed by atoms with Crippen LogP contribution in [0.25, 0.3) is 0 Å². The molecule has 0 saturated heterocycles. The quantitative estimate of drug-likeness (QED) is 0.686. The number of aliphatic hydroxyl groups is 1. The smallest absolute Gasteiger partial charge is 0.226 e. The Morgan fingerprint density at radius 1 is 1.73 bits per heavy atom. The van der Waals surface area contributed by atoms with Gasteiger partial charge in [-0.25, -0.2) is 4.98 Å². The zero-order valence-corrected chi connectivity index (χ0v) is 9.60. The van der Waals surface area contributed by atoms with Crippen molar-refractivity contribution < 1.29 is 9.90 Å². The normalized spacial score (nSPS) is 11.4. The number of carbonyl (C=O) groups is 1. The van der Waals surface area contributed by atoms with Crippen LogP contribution in [0.15, 0.2) is 5.38 Å². The summed E-state index contributed by atoms with van der Waals surface area (Å²) in [5.41, 5.74) is 5.20. The number of nitrogens with one attached hydrogen (secondary N) is 1. The topological polar surface area (TPSA) is 88.2 Å². The molecule has 15 heavy (non-hydrogen) atoms. The van der Waals surface area contributed by atoms with Gasteiger partial charge in [0.2, 0.25) is 5.91 Å². The van der Waals surface area contributed by atoms with Crippen molar-refractivity contribution >= 4 is 22.4 Å². The zero-order valence-electron chi connectivity index (χ0n) is 8.78. The molecule has 0 unspecified atom stereocenters. The monoisotopic (exact) mass is 229 g/mol. The van der Waals surface area contributed by atoms with Gasteiger partial charge in [-0.3, -0.25) is 4.79 Å². The summed E-state index contributed by atoms with van der Waals surface area (Å²) >= 11 is 1.31. The predicted molar refractivity (Wildman–Crippen MR) is 59.5 cm³/mol. The minimum Gasteiger partial charge on any atom is -0.389 e. The van der Waals surface area contributed by atoms with Gasteiger partial charge >= 0.3 is 0 Å². The molecule has 0 aliphatic rings. The van der Waals surface area contributed by atoms with Crippen molar-refractivity contribution in [3.8, 4) is 0 Å². The van der Waals surface area contributed by atoms with Crippen LogP contribution < -0.4 is 11.1 Å². The van der Waals surface area contributed by atoms with E-state index in [1.807, 2.05) is 0 Å². The molecule has 0 spiro atoms. The van der Waals surface area contributed by atoms with E-state index < -0.39 is 5.60 Å². The Balaban J connectivity index is 2.37. The van der Waals surface area contributed by atoms with Gasteiger partial charge in [-0.1, -0.05) is 0 Å². The van der Waals surface area contributed by atoms with Gasteiger partial charge in [0.15, 0.2) is 5.13 Å². The third-order valence-electron chi connectivity index (χ3n) is 1.63. The lowest BCUT2D eigenvalue weighted by Crippen LogP contribution is -2.38. The Bertz CT molecular complexity index is 343. The number of carbonyl (C=O) groups excluding carboxylic acids is 1. The van der Waals surface area contributed by atoms with E-state index in [4.69, 9.17) is 5.73 Å². The molecule has 1 heterocycles. The van der Waals surface area contributed by atoms with E-state index in [0.717, 1.165) is 0 Å². The summed E-state index contributed by atoms with van der Waals surface area (Å²) in [6.45, 7) is 3.49. The molecule has 0 atom stereocenters. The Morgan fingerprint density at radius 3 is 2.87 bits per heavy atom. The molecule has 1 rings (SSSR count). The molecule has 5 nitrogen and oxygen atoms in total. The fraction of sp³-hybridized carbons (Fsp3) is 0.556. The van der Waals surface area contributed by atoms with Gasteiger partial charge in [0.25, 0.3) is 0 Å². The number of anilines is 1. The average Bonchev–Trinajstić information content (AvgIpc) is 2.47. The van der Waals surface area contributed by atoms with Gasteiger partial charge in [0.05, 0.1) is 17.7 Å². The van der Waals surface area contributed by atoms with Crippen molar-refractivity contribution in [2.45, 2.75) is 25.9 Å². The predicted octanol–water partition coefficient (Wildman–Crippen LogP) is 0.155. The fourth-order valence-corrected chi connectivity index (χ4v) is 1.51. The molecule has 0 aliphatic heterocycles. The molecule has 1 aromatic heterocycles. The van der Waals surface area contributed by atoms with Gasteiger partial charge in [-0.05, 0) is 13.8 Å². The second kappa shape index (κ2) is 4.59. The van der Waals surface area contributed by atoms with Gasteiger partial charge in [-0.2, -0.15) is 0 Å². The average molecular weight is 229 g/mol. The van der Waals surface area contributed by atoms with E-state index >= 15 is 0 Å². The molecule has 0 radical (unpaired) electrons. The van der Waals surface area contributed by atoms with Gasteiger partial charge in [-0.15, -0.1) is 11.3 Å². The van der Waals surface area contributed by atoms with Crippen LogP contribution in [0.3, 0.4) is 0 Å². The Morgan fingerprint density at radius 2 is 2.40 bits per heavy atom. The van der Waals surface area contributed by atoms with Crippen molar-refractivity contribution in [3.05, 3.63) is 11.1 Å². The van der Waals surface area contributed by atoms with E-state index in [0.29, 0.717) is 10.8 Å². The van der Waals surface area contributed by atoms with E-state index in [1.54, 1.807) is 19.2 Å². The maximum atomic E-state index is 11.4. The highest BCUT2D eigenvalue weighted by Gasteiger charge is 2.14. The molecule has 0 aromatic carbocycles. The maximum Gasteiger partial charge on any atom is 0.226 e. The van der Waals surface area contributed by atoms with Crippen LogP contribution in [-0.4, -0.2) is 28.1 Å². The molecule has 0 fully saturated rings. The highest BCUT2D eigenvalue weighted by molar-refractivity contribution is 7.13. The lowest BCUT2D eigenvalue weighted by molar-refractivity contribution is -0.121. The third-order valence-corrected chi connectivity index (χ3v) is 2.35. The molecule has 1 aromatic rings. The lowest BCUT2D eigenvalue weighted by atomic mass is 10.1. The number of hydrogen-bond acceptors (Lipinski definition) is 5. The van der Waals surface area contributed by atoms with E-state index in [-0.39, 0.29) is 18.9 Å². The van der Waals surface area contributed by atoms with Crippen LogP contribution in [0.4, 0.5) is 5.13 Å². The fourth-order valence-electron chi connectivity index (χ4n) is 0.946. The second-order valence-electron chi connectivity index (χ2n) is 3.94. The van der Waals surface area contributed by atoms with Crippen LogP contribution >= 0.6 is 11.3 Å². The molecule has 0 bridgehead atoms. The largest absolute Gasteiger partial charge is 0.389 e. The molecule has 4 N–H and O–H groups in total. The molecule has 0 aliphatic carbocycles. The minimum absolute atomic E-state index is 0.164. The molecule has 6 heteroatoms. The van der Waals surface area contributed by atoms with Crippen LogP contribution in [0.1, 0.15) is 19.5 Å². The first kappa shape index (κ1) is 11.9. The molecular formula is C9H15N3O2S.